The number of aromatic nitrogens is 1. The summed E-state index contributed by atoms with van der Waals surface area (Å²) < 4.78 is 30.8. The summed E-state index contributed by atoms with van der Waals surface area (Å²) in [4.78, 5) is 23.5. The van der Waals surface area contributed by atoms with E-state index in [9.17, 15) is 14.0 Å². The van der Waals surface area contributed by atoms with E-state index in [1.165, 1.54) is 4.57 Å². The quantitative estimate of drug-likeness (QED) is 0.687. The number of hydrazine groups is 2. The van der Waals surface area contributed by atoms with Crippen LogP contribution in [-0.4, -0.2) is 51.8 Å². The lowest BCUT2D eigenvalue weighted by molar-refractivity contribution is 0.0695. The van der Waals surface area contributed by atoms with Gasteiger partial charge in [-0.05, 0) is 13.0 Å². The first-order chi connectivity index (χ1) is 12.3. The molecule has 1 aromatic carbocycles. The maximum atomic E-state index is 15.1. The minimum Gasteiger partial charge on any atom is -0.477 e. The molecule has 0 saturated carbocycles. The van der Waals surface area contributed by atoms with Crippen LogP contribution in [0.15, 0.2) is 17.1 Å². The SMILES string of the molecule is CCn1cc(C(=O)O)c(=O)c2cc(F)c(NN3CCN(N)CC3)c(F)c21. The van der Waals surface area contributed by atoms with Crippen molar-refractivity contribution in [3.63, 3.8) is 0 Å². The van der Waals surface area contributed by atoms with Crippen LogP contribution >= 0.6 is 0 Å². The molecule has 1 fully saturated rings. The molecule has 0 aliphatic carbocycles. The normalized spacial score (nSPS) is 16.2. The fraction of sp³-hybridized carbons (Fsp3) is 0.375. The lowest BCUT2D eigenvalue weighted by atomic mass is 10.1. The van der Waals surface area contributed by atoms with Crippen molar-refractivity contribution in [2.75, 3.05) is 31.6 Å². The minimum absolute atomic E-state index is 0.135. The molecular formula is C16H19F2N5O3. The highest BCUT2D eigenvalue weighted by molar-refractivity contribution is 5.93. The van der Waals surface area contributed by atoms with E-state index in [-0.39, 0.29) is 23.1 Å². The number of anilines is 1. The van der Waals surface area contributed by atoms with Crippen LogP contribution in [0.25, 0.3) is 10.9 Å². The van der Waals surface area contributed by atoms with E-state index in [4.69, 9.17) is 10.9 Å². The number of nitrogens with two attached hydrogens (primary N) is 1. The number of aromatic carboxylic acids is 1. The van der Waals surface area contributed by atoms with Crippen LogP contribution in [0.2, 0.25) is 0 Å². The van der Waals surface area contributed by atoms with Gasteiger partial charge in [0.2, 0.25) is 5.43 Å². The Balaban J connectivity index is 2.13. The van der Waals surface area contributed by atoms with Gasteiger partial charge in [0.1, 0.15) is 11.3 Å². The lowest BCUT2D eigenvalue weighted by Gasteiger charge is -2.33. The Morgan fingerprint density at radius 3 is 2.54 bits per heavy atom. The predicted octanol–water partition coefficient (Wildman–Crippen LogP) is 0.816. The number of rotatable bonds is 4. The number of fused-ring (bicyclic) bond motifs is 1. The summed E-state index contributed by atoms with van der Waals surface area (Å²) in [6, 6.07) is 0.876. The molecule has 1 aliphatic rings. The number of aryl methyl sites for hydroxylation is 1. The monoisotopic (exact) mass is 367 g/mol. The first kappa shape index (κ1) is 18.2. The summed E-state index contributed by atoms with van der Waals surface area (Å²) in [5.74, 6) is 2.32. The predicted molar refractivity (Wildman–Crippen MR) is 91.7 cm³/mol. The molecule has 4 N–H and O–H groups in total. The zero-order chi connectivity index (χ0) is 19.0. The minimum atomic E-state index is -1.44. The maximum absolute atomic E-state index is 15.1. The number of carboxylic acids is 1. The molecule has 26 heavy (non-hydrogen) atoms. The Bertz CT molecular complexity index is 922. The van der Waals surface area contributed by atoms with E-state index >= 15 is 4.39 Å². The third-order valence-corrected chi connectivity index (χ3v) is 4.41. The largest absolute Gasteiger partial charge is 0.477 e. The summed E-state index contributed by atoms with van der Waals surface area (Å²) >= 11 is 0. The molecule has 1 saturated heterocycles. The van der Waals surface area contributed by atoms with Crippen LogP contribution in [-0.2, 0) is 6.54 Å². The standard InChI is InChI=1S/C16H19F2N5O3/c1-2-21-8-10(16(25)26)15(24)9-7-11(17)13(12(18)14(9)21)20-23-5-3-22(19)4-6-23/h7-8,20H,2-6,19H2,1H3,(H,25,26). The molecule has 0 atom stereocenters. The molecule has 10 heteroatoms. The topological polar surface area (TPSA) is 104 Å². The van der Waals surface area contributed by atoms with Gasteiger partial charge in [-0.15, -0.1) is 0 Å². The number of benzene rings is 1. The van der Waals surface area contributed by atoms with Gasteiger partial charge >= 0.3 is 5.97 Å². The van der Waals surface area contributed by atoms with Crippen LogP contribution in [0.1, 0.15) is 17.3 Å². The highest BCUT2D eigenvalue weighted by Crippen LogP contribution is 2.27. The van der Waals surface area contributed by atoms with Gasteiger partial charge in [-0.1, -0.05) is 0 Å². The van der Waals surface area contributed by atoms with Gasteiger partial charge in [-0.3, -0.25) is 10.6 Å². The second kappa shape index (κ2) is 6.98. The van der Waals surface area contributed by atoms with Crippen molar-refractivity contribution in [3.05, 3.63) is 39.7 Å². The first-order valence-corrected chi connectivity index (χ1v) is 8.13. The number of piperazine rings is 1. The summed E-state index contributed by atoms with van der Waals surface area (Å²) in [5, 5.41) is 12.1. The smallest absolute Gasteiger partial charge is 0.341 e. The molecule has 1 aliphatic heterocycles. The number of pyridine rings is 1. The Kier molecular flexibility index (Phi) is 4.90. The average Bonchev–Trinajstić information content (AvgIpc) is 2.60. The van der Waals surface area contributed by atoms with Gasteiger partial charge in [-0.2, -0.15) is 0 Å². The second-order valence-electron chi connectivity index (χ2n) is 6.04. The molecule has 2 aromatic rings. The molecule has 0 unspecified atom stereocenters. The number of hydrogen-bond donors (Lipinski definition) is 3. The number of hydrogen-bond acceptors (Lipinski definition) is 6. The zero-order valence-corrected chi connectivity index (χ0v) is 14.1. The van der Waals surface area contributed by atoms with Gasteiger partial charge < -0.3 is 15.1 Å². The Morgan fingerprint density at radius 1 is 1.31 bits per heavy atom. The average molecular weight is 367 g/mol. The third kappa shape index (κ3) is 3.14. The van der Waals surface area contributed by atoms with Crippen molar-refractivity contribution < 1.29 is 18.7 Å². The number of carboxylic acid groups (broad SMARTS) is 1. The first-order valence-electron chi connectivity index (χ1n) is 8.13. The zero-order valence-electron chi connectivity index (χ0n) is 14.1. The summed E-state index contributed by atoms with van der Waals surface area (Å²) in [7, 11) is 0. The molecule has 0 spiro atoms. The number of carbonyl (C=O) groups is 1. The van der Waals surface area contributed by atoms with Crippen molar-refractivity contribution >= 4 is 22.6 Å². The van der Waals surface area contributed by atoms with Gasteiger partial charge in [0.15, 0.2) is 11.6 Å². The summed E-state index contributed by atoms with van der Waals surface area (Å²) in [6.07, 6.45) is 1.07. The van der Waals surface area contributed by atoms with E-state index in [1.807, 2.05) is 0 Å². The van der Waals surface area contributed by atoms with Crippen molar-refractivity contribution in [1.82, 2.24) is 14.6 Å². The fourth-order valence-electron chi connectivity index (χ4n) is 2.98. The highest BCUT2D eigenvalue weighted by Gasteiger charge is 2.23. The third-order valence-electron chi connectivity index (χ3n) is 4.41. The Hall–Kier alpha value is -2.56. The van der Waals surface area contributed by atoms with Gasteiger partial charge in [0, 0.05) is 38.9 Å². The Morgan fingerprint density at radius 2 is 1.96 bits per heavy atom. The van der Waals surface area contributed by atoms with Crippen molar-refractivity contribution in [3.8, 4) is 0 Å². The van der Waals surface area contributed by atoms with Crippen LogP contribution in [0, 0.1) is 11.6 Å². The maximum Gasteiger partial charge on any atom is 0.341 e. The molecule has 0 bridgehead atoms. The molecule has 0 radical (unpaired) electrons. The molecule has 8 nitrogen and oxygen atoms in total. The van der Waals surface area contributed by atoms with Crippen LogP contribution in [0.5, 0.6) is 0 Å². The fourth-order valence-corrected chi connectivity index (χ4v) is 2.98. The van der Waals surface area contributed by atoms with Crippen molar-refractivity contribution in [2.45, 2.75) is 13.5 Å². The van der Waals surface area contributed by atoms with E-state index in [0.717, 1.165) is 12.3 Å². The van der Waals surface area contributed by atoms with Gasteiger partial charge in [0.25, 0.3) is 0 Å². The van der Waals surface area contributed by atoms with E-state index in [1.54, 1.807) is 16.9 Å². The van der Waals surface area contributed by atoms with Gasteiger partial charge in [0.05, 0.1) is 10.9 Å². The number of halogens is 2. The molecule has 3 rings (SSSR count). The molecule has 140 valence electrons. The summed E-state index contributed by atoms with van der Waals surface area (Å²) in [6.45, 7) is 3.88. The molecule has 0 amide bonds. The van der Waals surface area contributed by atoms with Crippen LogP contribution in [0.3, 0.4) is 0 Å². The van der Waals surface area contributed by atoms with Crippen LogP contribution < -0.4 is 16.7 Å². The Labute approximate surface area is 147 Å². The highest BCUT2D eigenvalue weighted by atomic mass is 19.1. The number of nitrogens with zero attached hydrogens (tertiary/aromatic N) is 3. The second-order valence-corrected chi connectivity index (χ2v) is 6.04. The number of nitrogens with one attached hydrogen (secondary N) is 1. The van der Waals surface area contributed by atoms with Crippen molar-refractivity contribution in [1.29, 1.82) is 0 Å². The van der Waals surface area contributed by atoms with Crippen molar-refractivity contribution in [2.24, 2.45) is 5.84 Å². The molecule has 1 aromatic heterocycles. The van der Waals surface area contributed by atoms with E-state index in [2.05, 4.69) is 5.43 Å². The lowest BCUT2D eigenvalue weighted by Crippen LogP contribution is -2.51. The van der Waals surface area contributed by atoms with E-state index in [0.29, 0.717) is 26.2 Å². The van der Waals surface area contributed by atoms with Gasteiger partial charge in [-0.25, -0.2) is 23.6 Å². The van der Waals surface area contributed by atoms with Crippen LogP contribution in [0.4, 0.5) is 14.5 Å². The summed E-state index contributed by atoms with van der Waals surface area (Å²) in [5.41, 5.74) is 0.743. The molecule has 2 heterocycles. The molecular weight excluding hydrogens is 348 g/mol. The van der Waals surface area contributed by atoms with E-state index < -0.39 is 28.6 Å².